The number of aromatic nitrogens is 5. The number of nitrogens with zero attached hydrogens (tertiary/aromatic N) is 6. The number of pyridine rings is 1. The van der Waals surface area contributed by atoms with Crippen molar-refractivity contribution in [2.45, 2.75) is 26.4 Å². The van der Waals surface area contributed by atoms with Crippen LogP contribution in [0, 0.1) is 0 Å². The van der Waals surface area contributed by atoms with Crippen molar-refractivity contribution in [3.63, 3.8) is 0 Å². The van der Waals surface area contributed by atoms with Gasteiger partial charge in [0, 0.05) is 25.4 Å². The van der Waals surface area contributed by atoms with Gasteiger partial charge in [0.1, 0.15) is 10.8 Å². The summed E-state index contributed by atoms with van der Waals surface area (Å²) >= 11 is 6.34. The first-order valence-corrected chi connectivity index (χ1v) is 8.09. The zero-order chi connectivity index (χ0) is 17.1. The van der Waals surface area contributed by atoms with Crippen LogP contribution in [-0.4, -0.2) is 36.9 Å². The average molecular weight is 347 g/mol. The van der Waals surface area contributed by atoms with E-state index in [0.717, 1.165) is 17.7 Å². The molecule has 0 radical (unpaired) electrons. The second kappa shape index (κ2) is 7.11. The van der Waals surface area contributed by atoms with Crippen LogP contribution in [-0.2, 0) is 26.6 Å². The van der Waals surface area contributed by atoms with Crippen molar-refractivity contribution in [3.8, 4) is 11.5 Å². The highest BCUT2D eigenvalue weighted by molar-refractivity contribution is 6.30. The van der Waals surface area contributed by atoms with Gasteiger partial charge in [0.05, 0.1) is 12.2 Å². The quantitative estimate of drug-likeness (QED) is 0.683. The van der Waals surface area contributed by atoms with Crippen LogP contribution >= 0.6 is 11.6 Å². The molecule has 0 aliphatic rings. The third-order valence-electron chi connectivity index (χ3n) is 3.68. The first kappa shape index (κ1) is 16.6. The summed E-state index contributed by atoms with van der Waals surface area (Å²) in [5.41, 5.74) is 2.74. The Morgan fingerprint density at radius 3 is 2.83 bits per heavy atom. The van der Waals surface area contributed by atoms with Gasteiger partial charge in [-0.3, -0.25) is 14.6 Å². The number of rotatable bonds is 6. The Kier molecular flexibility index (Phi) is 4.92. The lowest BCUT2D eigenvalue weighted by Gasteiger charge is -2.14. The highest BCUT2D eigenvalue weighted by Crippen LogP contribution is 2.22. The van der Waals surface area contributed by atoms with E-state index in [2.05, 4.69) is 32.0 Å². The van der Waals surface area contributed by atoms with Gasteiger partial charge in [-0.25, -0.2) is 0 Å². The molecule has 0 saturated heterocycles. The molecule has 0 aliphatic heterocycles. The van der Waals surface area contributed by atoms with Crippen LogP contribution in [0.4, 0.5) is 0 Å². The zero-order valence-corrected chi connectivity index (χ0v) is 14.7. The SMILES string of the molecule is CCc1nn(C)c(Cl)c1CN(C)Cc1nc(-c2ccccn2)no1. The molecule has 0 aliphatic carbocycles. The summed E-state index contributed by atoms with van der Waals surface area (Å²) in [6, 6.07) is 5.59. The molecule has 0 aromatic carbocycles. The van der Waals surface area contributed by atoms with Gasteiger partial charge in [-0.1, -0.05) is 29.7 Å². The van der Waals surface area contributed by atoms with E-state index in [1.807, 2.05) is 32.3 Å². The fourth-order valence-electron chi connectivity index (χ4n) is 2.52. The van der Waals surface area contributed by atoms with Crippen LogP contribution in [0.25, 0.3) is 11.5 Å². The molecule has 0 atom stereocenters. The van der Waals surface area contributed by atoms with Gasteiger partial charge in [0.25, 0.3) is 0 Å². The minimum absolute atomic E-state index is 0.493. The smallest absolute Gasteiger partial charge is 0.241 e. The number of aryl methyl sites for hydroxylation is 2. The van der Waals surface area contributed by atoms with E-state index in [9.17, 15) is 0 Å². The maximum Gasteiger partial charge on any atom is 0.241 e. The molecule has 7 nitrogen and oxygen atoms in total. The maximum atomic E-state index is 6.34. The number of hydrogen-bond donors (Lipinski definition) is 0. The van der Waals surface area contributed by atoms with Gasteiger partial charge in [-0.15, -0.1) is 0 Å². The summed E-state index contributed by atoms with van der Waals surface area (Å²) in [4.78, 5) is 10.7. The fourth-order valence-corrected chi connectivity index (χ4v) is 2.72. The van der Waals surface area contributed by atoms with Gasteiger partial charge in [-0.2, -0.15) is 10.1 Å². The third kappa shape index (κ3) is 3.47. The standard InChI is InChI=1S/C16H19ClN6O/c1-4-12-11(15(17)23(3)20-12)9-22(2)10-14-19-16(21-24-14)13-7-5-6-8-18-13/h5-8H,4,9-10H2,1-3H3. The highest BCUT2D eigenvalue weighted by Gasteiger charge is 2.17. The van der Waals surface area contributed by atoms with Crippen LogP contribution in [0.3, 0.4) is 0 Å². The Morgan fingerprint density at radius 1 is 1.29 bits per heavy atom. The molecule has 0 bridgehead atoms. The lowest BCUT2D eigenvalue weighted by atomic mass is 10.2. The molecule has 3 aromatic rings. The van der Waals surface area contributed by atoms with E-state index in [4.69, 9.17) is 16.1 Å². The third-order valence-corrected chi connectivity index (χ3v) is 4.16. The average Bonchev–Trinajstić information content (AvgIpc) is 3.15. The maximum absolute atomic E-state index is 6.34. The van der Waals surface area contributed by atoms with Crippen LogP contribution in [0.5, 0.6) is 0 Å². The topological polar surface area (TPSA) is 72.9 Å². The minimum Gasteiger partial charge on any atom is -0.337 e. The Balaban J connectivity index is 1.70. The molecule has 3 aromatic heterocycles. The molecule has 0 saturated carbocycles. The van der Waals surface area contributed by atoms with Gasteiger partial charge >= 0.3 is 0 Å². The summed E-state index contributed by atoms with van der Waals surface area (Å²) in [6.07, 6.45) is 2.54. The van der Waals surface area contributed by atoms with Crippen molar-refractivity contribution in [1.82, 2.24) is 29.8 Å². The summed E-state index contributed by atoms with van der Waals surface area (Å²) in [7, 11) is 3.83. The molecule has 0 unspecified atom stereocenters. The zero-order valence-electron chi connectivity index (χ0n) is 13.9. The van der Waals surface area contributed by atoms with E-state index in [-0.39, 0.29) is 0 Å². The molecule has 126 valence electrons. The van der Waals surface area contributed by atoms with E-state index in [1.54, 1.807) is 10.9 Å². The predicted molar refractivity (Wildman–Crippen MR) is 90.3 cm³/mol. The van der Waals surface area contributed by atoms with Crippen molar-refractivity contribution in [2.24, 2.45) is 7.05 Å². The first-order valence-electron chi connectivity index (χ1n) is 7.71. The lowest BCUT2D eigenvalue weighted by molar-refractivity contribution is 0.260. The van der Waals surface area contributed by atoms with Crippen LogP contribution in [0.15, 0.2) is 28.9 Å². The second-order valence-corrected chi connectivity index (χ2v) is 5.95. The molecule has 3 heterocycles. The highest BCUT2D eigenvalue weighted by atomic mass is 35.5. The predicted octanol–water partition coefficient (Wildman–Crippen LogP) is 2.71. The van der Waals surface area contributed by atoms with Crippen molar-refractivity contribution >= 4 is 11.6 Å². The normalized spacial score (nSPS) is 11.4. The van der Waals surface area contributed by atoms with Crippen molar-refractivity contribution in [1.29, 1.82) is 0 Å². The van der Waals surface area contributed by atoms with Crippen molar-refractivity contribution < 1.29 is 4.52 Å². The first-order chi connectivity index (χ1) is 11.6. The van der Waals surface area contributed by atoms with Gasteiger partial charge in [-0.05, 0) is 25.6 Å². The molecule has 8 heteroatoms. The summed E-state index contributed by atoms with van der Waals surface area (Å²) in [6.45, 7) is 3.25. The van der Waals surface area contributed by atoms with E-state index in [1.165, 1.54) is 0 Å². The fraction of sp³-hybridized carbons (Fsp3) is 0.375. The monoisotopic (exact) mass is 346 g/mol. The van der Waals surface area contributed by atoms with E-state index in [0.29, 0.717) is 35.7 Å². The molecular formula is C16H19ClN6O. The molecule has 0 amide bonds. The molecule has 24 heavy (non-hydrogen) atoms. The Labute approximate surface area is 145 Å². The van der Waals surface area contributed by atoms with Crippen LogP contribution < -0.4 is 0 Å². The van der Waals surface area contributed by atoms with Crippen LogP contribution in [0.1, 0.15) is 24.1 Å². The van der Waals surface area contributed by atoms with Crippen molar-refractivity contribution in [3.05, 3.63) is 46.7 Å². The van der Waals surface area contributed by atoms with Gasteiger partial charge in [0.2, 0.25) is 11.7 Å². The van der Waals surface area contributed by atoms with Crippen LogP contribution in [0.2, 0.25) is 5.15 Å². The molecule has 0 fully saturated rings. The Morgan fingerprint density at radius 2 is 2.12 bits per heavy atom. The minimum atomic E-state index is 0.493. The number of hydrogen-bond acceptors (Lipinski definition) is 6. The van der Waals surface area contributed by atoms with Crippen molar-refractivity contribution in [2.75, 3.05) is 7.05 Å². The molecule has 3 rings (SSSR count). The van der Waals surface area contributed by atoms with E-state index < -0.39 is 0 Å². The Bertz CT molecular complexity index is 813. The Hall–Kier alpha value is -2.25. The summed E-state index contributed by atoms with van der Waals surface area (Å²) in [5.74, 6) is 1.03. The summed E-state index contributed by atoms with van der Waals surface area (Å²) in [5, 5.41) is 9.08. The molecular weight excluding hydrogens is 328 g/mol. The largest absolute Gasteiger partial charge is 0.337 e. The van der Waals surface area contributed by atoms with Gasteiger partial charge in [0.15, 0.2) is 0 Å². The molecule has 0 N–H and O–H groups in total. The second-order valence-electron chi connectivity index (χ2n) is 5.59. The summed E-state index contributed by atoms with van der Waals surface area (Å²) < 4.78 is 7.03. The van der Waals surface area contributed by atoms with E-state index >= 15 is 0 Å². The molecule has 0 spiro atoms. The number of halogens is 1. The van der Waals surface area contributed by atoms with Gasteiger partial charge < -0.3 is 4.52 Å². The lowest BCUT2D eigenvalue weighted by Crippen LogP contribution is -2.18.